The molecule has 0 radical (unpaired) electrons. The summed E-state index contributed by atoms with van der Waals surface area (Å²) in [5, 5.41) is 0. The van der Waals surface area contributed by atoms with Crippen LogP contribution < -0.4 is 11.5 Å². The molecule has 80 valence electrons. The van der Waals surface area contributed by atoms with Crippen molar-refractivity contribution in [3.05, 3.63) is 0 Å². The third-order valence-corrected chi connectivity index (χ3v) is 4.10. The van der Waals surface area contributed by atoms with Crippen LogP contribution in [0.5, 0.6) is 0 Å². The van der Waals surface area contributed by atoms with E-state index in [1.54, 1.807) is 21.3 Å². The van der Waals surface area contributed by atoms with Crippen molar-refractivity contribution in [2.24, 2.45) is 11.5 Å². The molecule has 0 aliphatic heterocycles. The largest absolute Gasteiger partial charge is 0.499 e. The van der Waals surface area contributed by atoms with Crippen LogP contribution in [-0.4, -0.2) is 36.2 Å². The second kappa shape index (κ2) is 7.99. The Balaban J connectivity index is 0. The molecule has 13 heavy (non-hydrogen) atoms. The molecule has 0 heterocycles. The van der Waals surface area contributed by atoms with E-state index >= 15 is 0 Å². The molecule has 0 rings (SSSR count). The molecule has 2 amide bonds. The van der Waals surface area contributed by atoms with E-state index in [-0.39, 0.29) is 0 Å². The normalized spacial score (nSPS) is 10.2. The fourth-order valence-corrected chi connectivity index (χ4v) is 2.05. The molecule has 6 nitrogen and oxygen atoms in total. The van der Waals surface area contributed by atoms with Crippen LogP contribution in [0.1, 0.15) is 6.92 Å². The zero-order chi connectivity index (χ0) is 10.9. The van der Waals surface area contributed by atoms with Gasteiger partial charge in [-0.3, -0.25) is 0 Å². The summed E-state index contributed by atoms with van der Waals surface area (Å²) >= 11 is 0. The molecule has 7 heteroatoms. The number of hydrogen-bond acceptors (Lipinski definition) is 4. The van der Waals surface area contributed by atoms with Crippen LogP contribution in [0.2, 0.25) is 6.04 Å². The van der Waals surface area contributed by atoms with Crippen molar-refractivity contribution in [1.29, 1.82) is 0 Å². The average molecular weight is 210 g/mol. The Morgan fingerprint density at radius 2 is 1.38 bits per heavy atom. The smallest absolute Gasteiger partial charge is 0.377 e. The number of carbonyl (C=O) groups excluding carboxylic acids is 1. The highest BCUT2D eigenvalue weighted by Gasteiger charge is 2.34. The summed E-state index contributed by atoms with van der Waals surface area (Å²) < 4.78 is 15.2. The molecular formula is C6H18N2O4Si. The molecule has 0 saturated carbocycles. The number of urea groups is 1. The zero-order valence-electron chi connectivity index (χ0n) is 8.49. The highest BCUT2D eigenvalue weighted by atomic mass is 28.4. The number of carbonyl (C=O) groups is 1. The highest BCUT2D eigenvalue weighted by molar-refractivity contribution is 6.60. The second-order valence-corrected chi connectivity index (χ2v) is 5.35. The van der Waals surface area contributed by atoms with Crippen molar-refractivity contribution in [3.8, 4) is 0 Å². The molecular weight excluding hydrogens is 192 g/mol. The lowest BCUT2D eigenvalue weighted by molar-refractivity contribution is 0.125. The molecule has 0 aliphatic rings. The van der Waals surface area contributed by atoms with E-state index in [1.165, 1.54) is 0 Å². The fourth-order valence-electron chi connectivity index (χ4n) is 0.683. The third-order valence-electron chi connectivity index (χ3n) is 1.37. The first-order valence-corrected chi connectivity index (χ1v) is 5.61. The highest BCUT2D eigenvalue weighted by Crippen LogP contribution is 2.10. The standard InChI is InChI=1S/C5H14O3Si.CH4N2O/c1-5-9(6-2,7-3)8-4;2-1(3)4/h5H2,1-4H3;(H4,2,3,4). The maximum Gasteiger partial charge on any atom is 0.499 e. The molecule has 0 aromatic heterocycles. The topological polar surface area (TPSA) is 96.8 Å². The van der Waals surface area contributed by atoms with Gasteiger partial charge in [-0.25, -0.2) is 4.79 Å². The van der Waals surface area contributed by atoms with E-state index in [0.29, 0.717) is 0 Å². The van der Waals surface area contributed by atoms with Gasteiger partial charge in [-0.15, -0.1) is 0 Å². The van der Waals surface area contributed by atoms with Crippen LogP contribution in [0.25, 0.3) is 0 Å². The van der Waals surface area contributed by atoms with Gasteiger partial charge in [0, 0.05) is 27.4 Å². The number of nitrogens with two attached hydrogens (primary N) is 2. The Kier molecular flexibility index (Phi) is 9.14. The van der Waals surface area contributed by atoms with Crippen LogP contribution in [0.15, 0.2) is 0 Å². The van der Waals surface area contributed by atoms with Crippen molar-refractivity contribution >= 4 is 14.8 Å². The lowest BCUT2D eigenvalue weighted by Crippen LogP contribution is -2.41. The van der Waals surface area contributed by atoms with Crippen LogP contribution in [-0.2, 0) is 13.3 Å². The van der Waals surface area contributed by atoms with Gasteiger partial charge < -0.3 is 24.7 Å². The van der Waals surface area contributed by atoms with Crippen molar-refractivity contribution in [3.63, 3.8) is 0 Å². The first-order valence-electron chi connectivity index (χ1n) is 3.68. The predicted molar refractivity (Wildman–Crippen MR) is 51.0 cm³/mol. The maximum absolute atomic E-state index is 9.00. The molecule has 4 N–H and O–H groups in total. The number of amides is 2. The Hall–Kier alpha value is -0.633. The van der Waals surface area contributed by atoms with Crippen LogP contribution in [0, 0.1) is 0 Å². The summed E-state index contributed by atoms with van der Waals surface area (Å²) in [6.45, 7) is 1.99. The van der Waals surface area contributed by atoms with Crippen molar-refractivity contribution in [2.75, 3.05) is 21.3 Å². The van der Waals surface area contributed by atoms with Crippen molar-refractivity contribution < 1.29 is 18.1 Å². The SMILES string of the molecule is CC[Si](OC)(OC)OC.NC(N)=O. The maximum atomic E-state index is 9.00. The van der Waals surface area contributed by atoms with Crippen molar-refractivity contribution in [2.45, 2.75) is 13.0 Å². The van der Waals surface area contributed by atoms with Crippen LogP contribution in [0.3, 0.4) is 0 Å². The minimum atomic E-state index is -2.19. The number of rotatable bonds is 4. The summed E-state index contributed by atoms with van der Waals surface area (Å²) in [6.07, 6.45) is 0. The van der Waals surface area contributed by atoms with Crippen molar-refractivity contribution in [1.82, 2.24) is 0 Å². The molecule has 0 fully saturated rings. The molecule has 0 aliphatic carbocycles. The fraction of sp³-hybridized carbons (Fsp3) is 0.833. The van der Waals surface area contributed by atoms with Gasteiger partial charge in [-0.1, -0.05) is 6.92 Å². The molecule has 0 bridgehead atoms. The minimum Gasteiger partial charge on any atom is -0.377 e. The van der Waals surface area contributed by atoms with Crippen LogP contribution in [0.4, 0.5) is 4.79 Å². The Bertz CT molecular complexity index is 119. The minimum absolute atomic E-state index is 0.816. The number of hydrogen-bond donors (Lipinski definition) is 2. The van der Waals surface area contributed by atoms with E-state index < -0.39 is 14.8 Å². The monoisotopic (exact) mass is 210 g/mol. The van der Waals surface area contributed by atoms with Gasteiger partial charge >= 0.3 is 14.8 Å². The van der Waals surface area contributed by atoms with Gasteiger partial charge in [0.25, 0.3) is 0 Å². The van der Waals surface area contributed by atoms with E-state index in [2.05, 4.69) is 11.5 Å². The molecule has 0 saturated heterocycles. The second-order valence-electron chi connectivity index (χ2n) is 2.05. The summed E-state index contributed by atoms with van der Waals surface area (Å²) in [5.41, 5.74) is 8.50. The van der Waals surface area contributed by atoms with Gasteiger partial charge in [0.15, 0.2) is 0 Å². The quantitative estimate of drug-likeness (QED) is 0.634. The third kappa shape index (κ3) is 7.72. The van der Waals surface area contributed by atoms with Gasteiger partial charge in [0.05, 0.1) is 0 Å². The average Bonchev–Trinajstić information content (AvgIpc) is 2.09. The first-order chi connectivity index (χ1) is 5.97. The summed E-state index contributed by atoms with van der Waals surface area (Å²) in [7, 11) is 2.65. The Morgan fingerprint density at radius 3 is 1.38 bits per heavy atom. The van der Waals surface area contributed by atoms with E-state index in [1.807, 2.05) is 6.92 Å². The van der Waals surface area contributed by atoms with Gasteiger partial charge in [-0.2, -0.15) is 0 Å². The predicted octanol–water partition coefficient (Wildman–Crippen LogP) is -0.0918. The Labute approximate surface area is 79.5 Å². The molecule has 0 aromatic rings. The summed E-state index contributed by atoms with van der Waals surface area (Å²) in [4.78, 5) is 9.00. The Morgan fingerprint density at radius 1 is 1.15 bits per heavy atom. The summed E-state index contributed by atoms with van der Waals surface area (Å²) in [5.74, 6) is 0. The zero-order valence-corrected chi connectivity index (χ0v) is 9.49. The van der Waals surface area contributed by atoms with Gasteiger partial charge in [-0.05, 0) is 0 Å². The van der Waals surface area contributed by atoms with E-state index in [0.717, 1.165) is 6.04 Å². The number of primary amides is 2. The lowest BCUT2D eigenvalue weighted by Gasteiger charge is -2.22. The molecule has 0 unspecified atom stereocenters. The molecule has 0 spiro atoms. The van der Waals surface area contributed by atoms with Crippen LogP contribution >= 0.6 is 0 Å². The molecule has 0 aromatic carbocycles. The first kappa shape index (κ1) is 14.9. The van der Waals surface area contributed by atoms with Gasteiger partial charge in [0.2, 0.25) is 0 Å². The molecule has 0 atom stereocenters. The lowest BCUT2D eigenvalue weighted by atomic mass is 11.0. The van der Waals surface area contributed by atoms with E-state index in [4.69, 9.17) is 18.1 Å². The summed E-state index contributed by atoms with van der Waals surface area (Å²) in [6, 6.07) is -0.0174. The van der Waals surface area contributed by atoms with E-state index in [9.17, 15) is 0 Å². The van der Waals surface area contributed by atoms with Gasteiger partial charge in [0.1, 0.15) is 0 Å².